The Morgan fingerprint density at radius 2 is 1.84 bits per heavy atom. The zero-order valence-corrected chi connectivity index (χ0v) is 13.1. The molecule has 0 saturated carbocycles. The molecule has 1 atom stereocenters. The summed E-state index contributed by atoms with van der Waals surface area (Å²) in [7, 11) is 1.91. The molecule has 1 aromatic rings. The molecule has 0 amide bonds. The third kappa shape index (κ3) is 3.37. The van der Waals surface area contributed by atoms with E-state index in [-0.39, 0.29) is 11.6 Å². The molecular weight excluding hydrogens is 238 g/mol. The summed E-state index contributed by atoms with van der Waals surface area (Å²) in [6.07, 6.45) is 4.09. The number of aliphatic hydroxyl groups is 1. The summed E-state index contributed by atoms with van der Waals surface area (Å²) in [4.78, 5) is 2.39. The number of nitrogens with zero attached hydrogens (tertiary/aromatic N) is 3. The van der Waals surface area contributed by atoms with E-state index in [4.69, 9.17) is 0 Å². The fourth-order valence-corrected chi connectivity index (χ4v) is 3.19. The van der Waals surface area contributed by atoms with Gasteiger partial charge < -0.3 is 5.11 Å². The molecule has 4 nitrogen and oxygen atoms in total. The number of hydrogen-bond acceptors (Lipinski definition) is 3. The Kier molecular flexibility index (Phi) is 6.01. The summed E-state index contributed by atoms with van der Waals surface area (Å²) in [5, 5.41) is 15.1. The van der Waals surface area contributed by atoms with E-state index in [1.807, 2.05) is 19.3 Å². The van der Waals surface area contributed by atoms with E-state index in [1.54, 1.807) is 4.68 Å². The van der Waals surface area contributed by atoms with Gasteiger partial charge in [0.1, 0.15) is 0 Å². The van der Waals surface area contributed by atoms with Gasteiger partial charge in [0.15, 0.2) is 0 Å². The smallest absolute Gasteiger partial charge is 0.0779 e. The molecule has 0 fully saturated rings. The molecule has 0 saturated heterocycles. The molecule has 0 aromatic carbocycles. The highest BCUT2D eigenvalue weighted by Gasteiger charge is 2.39. The Bertz CT molecular complexity index is 367. The first kappa shape index (κ1) is 16.2. The van der Waals surface area contributed by atoms with Gasteiger partial charge in [0.2, 0.25) is 0 Å². The van der Waals surface area contributed by atoms with Gasteiger partial charge in [-0.25, -0.2) is 0 Å². The molecule has 0 aliphatic rings. The van der Waals surface area contributed by atoms with Gasteiger partial charge in [0.05, 0.1) is 11.8 Å². The number of rotatable bonds is 8. The van der Waals surface area contributed by atoms with E-state index < -0.39 is 0 Å². The maximum Gasteiger partial charge on any atom is 0.0779 e. The van der Waals surface area contributed by atoms with Crippen LogP contribution in [0, 0.1) is 0 Å². The van der Waals surface area contributed by atoms with Crippen molar-refractivity contribution in [3.8, 4) is 0 Å². The summed E-state index contributed by atoms with van der Waals surface area (Å²) in [6.45, 7) is 10.6. The number of aryl methyl sites for hydroxylation is 1. The molecule has 0 aliphatic carbocycles. The molecule has 1 aromatic heterocycles. The zero-order valence-electron chi connectivity index (χ0n) is 13.1. The van der Waals surface area contributed by atoms with E-state index >= 15 is 0 Å². The van der Waals surface area contributed by atoms with Crippen molar-refractivity contribution < 1.29 is 5.11 Å². The van der Waals surface area contributed by atoms with Crippen LogP contribution in [0.25, 0.3) is 0 Å². The summed E-state index contributed by atoms with van der Waals surface area (Å²) in [5.74, 6) is 0. The lowest BCUT2D eigenvalue weighted by Gasteiger charge is -2.45. The van der Waals surface area contributed by atoms with Crippen LogP contribution in [0.4, 0.5) is 0 Å². The van der Waals surface area contributed by atoms with Crippen molar-refractivity contribution in [3.05, 3.63) is 18.0 Å². The Balaban J connectivity index is 2.91. The van der Waals surface area contributed by atoms with Gasteiger partial charge in [-0.15, -0.1) is 0 Å². The largest absolute Gasteiger partial charge is 0.391 e. The summed E-state index contributed by atoms with van der Waals surface area (Å²) >= 11 is 0. The van der Waals surface area contributed by atoms with Crippen molar-refractivity contribution in [3.63, 3.8) is 0 Å². The molecular formula is C15H29N3O. The average molecular weight is 267 g/mol. The Morgan fingerprint density at radius 3 is 2.21 bits per heavy atom. The summed E-state index contributed by atoms with van der Waals surface area (Å²) < 4.78 is 1.79. The monoisotopic (exact) mass is 267 g/mol. The molecule has 1 rings (SSSR count). The fourth-order valence-electron chi connectivity index (χ4n) is 3.19. The minimum Gasteiger partial charge on any atom is -0.391 e. The second-order valence-corrected chi connectivity index (χ2v) is 5.18. The van der Waals surface area contributed by atoms with Crippen LogP contribution in [-0.4, -0.2) is 44.5 Å². The molecule has 110 valence electrons. The molecule has 4 heteroatoms. The van der Waals surface area contributed by atoms with Crippen LogP contribution >= 0.6 is 0 Å². The van der Waals surface area contributed by atoms with Gasteiger partial charge >= 0.3 is 0 Å². The van der Waals surface area contributed by atoms with Gasteiger partial charge in [-0.1, -0.05) is 27.7 Å². The van der Waals surface area contributed by atoms with Gasteiger partial charge in [-0.2, -0.15) is 5.10 Å². The topological polar surface area (TPSA) is 41.3 Å². The van der Waals surface area contributed by atoms with Crippen molar-refractivity contribution in [2.75, 3.05) is 13.1 Å². The Morgan fingerprint density at radius 1 is 1.26 bits per heavy atom. The maximum atomic E-state index is 10.8. The lowest BCUT2D eigenvalue weighted by Crippen LogP contribution is -2.56. The van der Waals surface area contributed by atoms with E-state index in [1.165, 1.54) is 0 Å². The van der Waals surface area contributed by atoms with Crippen molar-refractivity contribution >= 4 is 0 Å². The first-order valence-electron chi connectivity index (χ1n) is 7.45. The van der Waals surface area contributed by atoms with Crippen LogP contribution in [0.3, 0.4) is 0 Å². The Labute approximate surface area is 117 Å². The van der Waals surface area contributed by atoms with Gasteiger partial charge in [-0.3, -0.25) is 9.58 Å². The third-order valence-electron chi connectivity index (χ3n) is 4.41. The SMILES string of the molecule is CCN(CC)C(CC)(CC)C(O)Cc1ccn(C)n1. The van der Waals surface area contributed by atoms with Crippen LogP contribution in [0.2, 0.25) is 0 Å². The van der Waals surface area contributed by atoms with E-state index in [0.29, 0.717) is 6.42 Å². The van der Waals surface area contributed by atoms with Crippen LogP contribution in [0.15, 0.2) is 12.3 Å². The zero-order chi connectivity index (χ0) is 14.5. The first-order valence-corrected chi connectivity index (χ1v) is 7.45. The molecule has 0 spiro atoms. The molecule has 0 bridgehead atoms. The molecule has 1 unspecified atom stereocenters. The van der Waals surface area contributed by atoms with Crippen molar-refractivity contribution in [1.82, 2.24) is 14.7 Å². The highest BCUT2D eigenvalue weighted by molar-refractivity contribution is 5.05. The lowest BCUT2D eigenvalue weighted by molar-refractivity contribution is -0.0345. The highest BCUT2D eigenvalue weighted by Crippen LogP contribution is 2.29. The summed E-state index contributed by atoms with van der Waals surface area (Å²) in [5.41, 5.74) is 0.828. The summed E-state index contributed by atoms with van der Waals surface area (Å²) in [6, 6.07) is 1.99. The quantitative estimate of drug-likeness (QED) is 0.785. The maximum absolute atomic E-state index is 10.8. The lowest BCUT2D eigenvalue weighted by atomic mass is 9.82. The van der Waals surface area contributed by atoms with Gasteiger partial charge in [0.25, 0.3) is 0 Å². The predicted octanol–water partition coefficient (Wildman–Crippen LogP) is 2.22. The standard InChI is InChI=1S/C15H29N3O/c1-6-15(7-2,18(8-3)9-4)14(19)12-13-10-11-17(5)16-13/h10-11,14,19H,6-9,12H2,1-5H3. The number of aliphatic hydroxyl groups excluding tert-OH is 1. The molecule has 0 radical (unpaired) electrons. The average Bonchev–Trinajstić information content (AvgIpc) is 2.81. The van der Waals surface area contributed by atoms with E-state index in [9.17, 15) is 5.11 Å². The van der Waals surface area contributed by atoms with Crippen molar-refractivity contribution in [1.29, 1.82) is 0 Å². The van der Waals surface area contributed by atoms with Crippen LogP contribution < -0.4 is 0 Å². The highest BCUT2D eigenvalue weighted by atomic mass is 16.3. The molecule has 1 N–H and O–H groups in total. The van der Waals surface area contributed by atoms with Gasteiger partial charge in [-0.05, 0) is 32.0 Å². The molecule has 1 heterocycles. The predicted molar refractivity (Wildman–Crippen MR) is 79.2 cm³/mol. The fraction of sp³-hybridized carbons (Fsp3) is 0.800. The number of aromatic nitrogens is 2. The Hall–Kier alpha value is -0.870. The number of hydrogen-bond donors (Lipinski definition) is 1. The number of likely N-dealkylation sites (N-methyl/N-ethyl adjacent to an activating group) is 1. The van der Waals surface area contributed by atoms with E-state index in [2.05, 4.69) is 37.7 Å². The van der Waals surface area contributed by atoms with Crippen molar-refractivity contribution in [2.45, 2.75) is 58.6 Å². The second kappa shape index (κ2) is 7.06. The third-order valence-corrected chi connectivity index (χ3v) is 4.41. The van der Waals surface area contributed by atoms with Gasteiger partial charge in [0, 0.05) is 25.2 Å². The van der Waals surface area contributed by atoms with Crippen LogP contribution in [-0.2, 0) is 13.5 Å². The first-order chi connectivity index (χ1) is 9.03. The van der Waals surface area contributed by atoms with E-state index in [0.717, 1.165) is 31.6 Å². The van der Waals surface area contributed by atoms with Crippen LogP contribution in [0.5, 0.6) is 0 Å². The van der Waals surface area contributed by atoms with Crippen LogP contribution in [0.1, 0.15) is 46.2 Å². The minimum absolute atomic E-state index is 0.138. The minimum atomic E-state index is -0.378. The normalized spacial score (nSPS) is 14.1. The molecule has 0 aliphatic heterocycles. The van der Waals surface area contributed by atoms with Crippen molar-refractivity contribution in [2.24, 2.45) is 7.05 Å². The second-order valence-electron chi connectivity index (χ2n) is 5.18. The molecule has 19 heavy (non-hydrogen) atoms.